The van der Waals surface area contributed by atoms with E-state index in [0.717, 1.165) is 12.1 Å². The number of amides is 3. The molecule has 3 heterocycles. The summed E-state index contributed by atoms with van der Waals surface area (Å²) in [6, 6.07) is 9.27. The van der Waals surface area contributed by atoms with E-state index in [1.807, 2.05) is 0 Å². The van der Waals surface area contributed by atoms with Crippen molar-refractivity contribution in [3.63, 3.8) is 0 Å². The molecule has 2 fully saturated rings. The lowest BCUT2D eigenvalue weighted by molar-refractivity contribution is -0.121. The maximum Gasteiger partial charge on any atom is 0.433 e. The highest BCUT2D eigenvalue weighted by Crippen LogP contribution is 2.58. The number of benzene rings is 2. The van der Waals surface area contributed by atoms with Crippen LogP contribution in [0.1, 0.15) is 49.7 Å². The number of anilines is 1. The van der Waals surface area contributed by atoms with Crippen LogP contribution < -0.4 is 16.0 Å². The number of fused-ring (bicyclic) bond motifs is 2. The molecule has 0 unspecified atom stereocenters. The van der Waals surface area contributed by atoms with Crippen LogP contribution in [0.25, 0.3) is 22.0 Å². The number of para-hydroxylation sites is 1. The lowest BCUT2D eigenvalue weighted by Gasteiger charge is -2.35. The number of alkyl halides is 5. The summed E-state index contributed by atoms with van der Waals surface area (Å²) in [6.45, 7) is 3.41. The molecule has 0 spiro atoms. The number of nitrogens with one attached hydrogen (secondary N) is 4. The highest BCUT2D eigenvalue weighted by molar-refractivity contribution is 6.05. The van der Waals surface area contributed by atoms with Gasteiger partial charge in [-0.25, -0.2) is 18.6 Å². The van der Waals surface area contributed by atoms with E-state index in [1.54, 1.807) is 36.2 Å². The number of pyridine rings is 1. The number of urea groups is 1. The van der Waals surface area contributed by atoms with Crippen LogP contribution in [0.3, 0.4) is 0 Å². The van der Waals surface area contributed by atoms with E-state index in [9.17, 15) is 36.6 Å². The number of carbonyl (C=O) groups excluding carboxylic acids is 2. The van der Waals surface area contributed by atoms with E-state index in [1.165, 1.54) is 24.6 Å². The highest BCUT2D eigenvalue weighted by atomic mass is 19.4. The number of hydrogen-bond acceptors (Lipinski definition) is 8. The second-order valence-corrected chi connectivity index (χ2v) is 15.7. The number of aryl methyl sites for hydroxylation is 1. The molecule has 0 bridgehead atoms. The number of hydrogen-bond donors (Lipinski definition) is 5. The maximum atomic E-state index is 15.5. The first kappa shape index (κ1) is 43.1. The number of ether oxygens (including phenoxy) is 1. The molecule has 2 aliphatic carbocycles. The number of morpholine rings is 1. The van der Waals surface area contributed by atoms with Gasteiger partial charge in [-0.15, -0.1) is 0 Å². The molecule has 5 N–H and O–H groups in total. The third-order valence-corrected chi connectivity index (χ3v) is 10.8. The van der Waals surface area contributed by atoms with Crippen molar-refractivity contribution in [3.8, 4) is 23.0 Å². The Morgan fingerprint density at radius 2 is 1.75 bits per heavy atom. The predicted molar refractivity (Wildman–Crippen MR) is 209 cm³/mol. The number of rotatable bonds is 10. The molecule has 2 aromatic heterocycles. The van der Waals surface area contributed by atoms with E-state index < -0.39 is 82.7 Å². The molecule has 1 saturated heterocycles. The Bertz CT molecular complexity index is 2480. The van der Waals surface area contributed by atoms with Crippen molar-refractivity contribution in [1.82, 2.24) is 30.3 Å². The lowest BCUT2D eigenvalue weighted by atomic mass is 9.71. The minimum atomic E-state index is -5.22. The minimum Gasteiger partial charge on any atom is -0.378 e. The monoisotopic (exact) mass is 854 g/mol. The van der Waals surface area contributed by atoms with Gasteiger partial charge in [-0.1, -0.05) is 18.1 Å². The van der Waals surface area contributed by atoms with Crippen LogP contribution in [0, 0.1) is 40.7 Å². The van der Waals surface area contributed by atoms with Crippen molar-refractivity contribution in [2.75, 3.05) is 38.2 Å². The Hall–Kier alpha value is -6.00. The van der Waals surface area contributed by atoms with Crippen LogP contribution in [-0.4, -0.2) is 93.0 Å². The van der Waals surface area contributed by atoms with Gasteiger partial charge in [0, 0.05) is 54.2 Å². The van der Waals surface area contributed by atoms with Crippen molar-refractivity contribution >= 4 is 34.4 Å². The van der Waals surface area contributed by atoms with Crippen LogP contribution >= 0.6 is 0 Å². The fraction of sp³-hybridized carbons (Fsp3) is 0.405. The van der Waals surface area contributed by atoms with Crippen LogP contribution in [-0.2, 0) is 23.0 Å². The van der Waals surface area contributed by atoms with Crippen LogP contribution in [0.2, 0.25) is 0 Å². The fourth-order valence-electron chi connectivity index (χ4n) is 7.95. The van der Waals surface area contributed by atoms with Gasteiger partial charge in [0.15, 0.2) is 5.82 Å². The Morgan fingerprint density at radius 3 is 2.39 bits per heavy atom. The average Bonchev–Trinajstić information content (AvgIpc) is 3.56. The van der Waals surface area contributed by atoms with Gasteiger partial charge in [0.2, 0.25) is 5.91 Å². The SMILES string of the molecule is Cn1nc(NC(=O)N2CCOCC2)c2cccc(-c3ccc(C#CC(C)(C)O)nc3[C@H](Cc3cc(F)cc(F)c3)NC(=O)CNC3=C(C(=N)C(F)(F)F)[C@H]4CC[C@H]4C3(F)F)c21. The summed E-state index contributed by atoms with van der Waals surface area (Å²) in [5, 5.41) is 30.9. The van der Waals surface area contributed by atoms with Crippen molar-refractivity contribution in [1.29, 1.82) is 5.41 Å². The van der Waals surface area contributed by atoms with Crippen molar-refractivity contribution in [2.45, 2.75) is 56.9 Å². The second kappa shape index (κ2) is 16.5. The van der Waals surface area contributed by atoms with Crippen LogP contribution in [0.15, 0.2) is 59.8 Å². The largest absolute Gasteiger partial charge is 0.433 e. The van der Waals surface area contributed by atoms with E-state index in [0.29, 0.717) is 54.4 Å². The molecule has 61 heavy (non-hydrogen) atoms. The summed E-state index contributed by atoms with van der Waals surface area (Å²) in [6.07, 6.45) is -5.60. The van der Waals surface area contributed by atoms with E-state index >= 15 is 8.78 Å². The first-order valence-electron chi connectivity index (χ1n) is 19.3. The van der Waals surface area contributed by atoms with Crippen LogP contribution in [0.4, 0.5) is 41.3 Å². The average molecular weight is 855 g/mol. The third kappa shape index (κ3) is 9.05. The molecule has 19 heteroatoms. The topological polar surface area (TPSA) is 157 Å². The zero-order chi connectivity index (χ0) is 44.0. The van der Waals surface area contributed by atoms with Gasteiger partial charge in [-0.3, -0.25) is 20.2 Å². The maximum absolute atomic E-state index is 15.5. The number of carbonyl (C=O) groups is 2. The molecular formula is C42H41F7N8O4. The van der Waals surface area contributed by atoms with Gasteiger partial charge in [0.05, 0.1) is 42.7 Å². The summed E-state index contributed by atoms with van der Waals surface area (Å²) < 4.78 is 108. The second-order valence-electron chi connectivity index (χ2n) is 15.7. The lowest BCUT2D eigenvalue weighted by Crippen LogP contribution is -2.43. The normalized spacial score (nSPS) is 19.1. The molecule has 3 amide bonds. The molecule has 0 radical (unpaired) electrons. The highest BCUT2D eigenvalue weighted by Gasteiger charge is 2.62. The molecule has 322 valence electrons. The van der Waals surface area contributed by atoms with Gasteiger partial charge >= 0.3 is 12.2 Å². The molecule has 3 aliphatic rings. The first-order chi connectivity index (χ1) is 28.7. The zero-order valence-corrected chi connectivity index (χ0v) is 33.1. The number of allylic oxidation sites excluding steroid dienone is 2. The molecular weight excluding hydrogens is 814 g/mol. The summed E-state index contributed by atoms with van der Waals surface area (Å²) in [7, 11) is 1.64. The Kier molecular flexibility index (Phi) is 11.6. The summed E-state index contributed by atoms with van der Waals surface area (Å²) in [5.41, 5.74) is -3.91. The molecule has 4 aromatic rings. The Labute approximate surface area is 345 Å². The van der Waals surface area contributed by atoms with Crippen molar-refractivity contribution in [3.05, 3.63) is 88.4 Å². The molecule has 3 atom stereocenters. The molecule has 2 aromatic carbocycles. The number of nitrogens with zero attached hydrogens (tertiary/aromatic N) is 4. The van der Waals surface area contributed by atoms with E-state index in [2.05, 4.69) is 32.9 Å². The summed E-state index contributed by atoms with van der Waals surface area (Å²) in [5.74, 6) is -3.67. The van der Waals surface area contributed by atoms with Gasteiger partial charge in [0.1, 0.15) is 28.6 Å². The third-order valence-electron chi connectivity index (χ3n) is 10.8. The molecule has 1 aliphatic heterocycles. The zero-order valence-electron chi connectivity index (χ0n) is 33.1. The fourth-order valence-corrected chi connectivity index (χ4v) is 7.95. The summed E-state index contributed by atoms with van der Waals surface area (Å²) in [4.78, 5) is 33.3. The van der Waals surface area contributed by atoms with Gasteiger partial charge in [0.25, 0.3) is 5.92 Å². The van der Waals surface area contributed by atoms with Crippen molar-refractivity contribution in [2.24, 2.45) is 18.9 Å². The smallest absolute Gasteiger partial charge is 0.378 e. The Morgan fingerprint density at radius 1 is 1.05 bits per heavy atom. The molecule has 1 saturated carbocycles. The van der Waals surface area contributed by atoms with Gasteiger partial charge in [-0.2, -0.15) is 27.1 Å². The van der Waals surface area contributed by atoms with Gasteiger partial charge < -0.3 is 25.4 Å². The van der Waals surface area contributed by atoms with Crippen molar-refractivity contribution < 1.29 is 50.2 Å². The number of aromatic nitrogens is 3. The Balaban J connectivity index is 1.30. The van der Waals surface area contributed by atoms with Gasteiger partial charge in [-0.05, 0) is 80.8 Å². The first-order valence-corrected chi connectivity index (χ1v) is 19.3. The van der Waals surface area contributed by atoms with E-state index in [-0.39, 0.29) is 42.0 Å². The summed E-state index contributed by atoms with van der Waals surface area (Å²) >= 11 is 0. The van der Waals surface area contributed by atoms with Crippen LogP contribution in [0.5, 0.6) is 0 Å². The standard InChI is InChI=1S/C42H41F7N8O4/c1-40(2,60)12-11-25-7-8-26(27-5-4-6-29-35(27)56(3)55-38(29)54-39(59)57-13-15-61-16-14-57)34(52-25)31(19-22-17-23(43)20-24(44)18-22)53-32(58)21-51-37-33(36(50)42(47,48)49)28-9-10-30(28)41(37,45)46/h4-8,17-18,20,28,30-31,50-51,60H,9-10,13-16,19,21H2,1-3H3,(H,53,58)(H,54,55,59)/t28-,30+,31-/m0/s1. The predicted octanol–water partition coefficient (Wildman–Crippen LogP) is 6.40. The minimum absolute atomic E-state index is 0.0178. The number of aliphatic hydroxyl groups is 1. The molecule has 7 rings (SSSR count). The van der Waals surface area contributed by atoms with E-state index in [4.69, 9.17) is 15.1 Å². The number of halogens is 7. The molecule has 12 nitrogen and oxygen atoms in total. The quantitative estimate of drug-likeness (QED) is 0.0702.